The number of rotatable bonds is 4. The second kappa shape index (κ2) is 4.26. The maximum absolute atomic E-state index is 9.36. The summed E-state index contributed by atoms with van der Waals surface area (Å²) in [5, 5.41) is 9.36. The summed E-state index contributed by atoms with van der Waals surface area (Å²) in [5.74, 6) is 0. The van der Waals surface area contributed by atoms with Crippen LogP contribution in [0.5, 0.6) is 0 Å². The van der Waals surface area contributed by atoms with Gasteiger partial charge in [0.25, 0.3) is 0 Å². The lowest BCUT2D eigenvalue weighted by molar-refractivity contribution is 0.255. The van der Waals surface area contributed by atoms with Gasteiger partial charge in [-0.3, -0.25) is 0 Å². The van der Waals surface area contributed by atoms with Gasteiger partial charge in [-0.25, -0.2) is 0 Å². The van der Waals surface area contributed by atoms with Crippen LogP contribution in [0.3, 0.4) is 0 Å². The normalized spacial score (nSPS) is 17.8. The number of aryl methyl sites for hydroxylation is 1. The molecule has 2 heteroatoms. The third-order valence-corrected chi connectivity index (χ3v) is 4.08. The van der Waals surface area contributed by atoms with Crippen molar-refractivity contribution in [3.05, 3.63) is 33.8 Å². The molecule has 0 spiro atoms. The van der Waals surface area contributed by atoms with Crippen LogP contribution in [0, 0.1) is 0 Å². The summed E-state index contributed by atoms with van der Waals surface area (Å²) in [7, 11) is 0. The molecule has 1 aliphatic rings. The van der Waals surface area contributed by atoms with Crippen molar-refractivity contribution < 1.29 is 5.11 Å². The molecule has 0 unspecified atom stereocenters. The average molecular weight is 269 g/mol. The molecule has 0 aromatic heterocycles. The van der Waals surface area contributed by atoms with Crippen LogP contribution in [0.4, 0.5) is 0 Å². The lowest BCUT2D eigenvalue weighted by Crippen LogP contribution is -2.11. The lowest BCUT2D eigenvalue weighted by Gasteiger charge is -2.14. The van der Waals surface area contributed by atoms with Crippen LogP contribution in [-0.2, 0) is 11.8 Å². The van der Waals surface area contributed by atoms with Gasteiger partial charge in [0.2, 0.25) is 0 Å². The molecule has 1 aromatic carbocycles. The van der Waals surface area contributed by atoms with Crippen molar-refractivity contribution in [3.8, 4) is 0 Å². The molecule has 0 heterocycles. The SMILES string of the molecule is CCCc1ccc(C2(CO)CC2)cc1Br. The van der Waals surface area contributed by atoms with Gasteiger partial charge in [-0.05, 0) is 36.5 Å². The van der Waals surface area contributed by atoms with E-state index in [4.69, 9.17) is 0 Å². The standard InChI is InChI=1S/C13H17BrO/c1-2-3-10-4-5-11(8-12(10)14)13(9-15)6-7-13/h4-5,8,15H,2-3,6-7,9H2,1H3. The van der Waals surface area contributed by atoms with Gasteiger partial charge < -0.3 is 5.11 Å². The van der Waals surface area contributed by atoms with Crippen molar-refractivity contribution in [1.82, 2.24) is 0 Å². The Morgan fingerprint density at radius 2 is 2.13 bits per heavy atom. The van der Waals surface area contributed by atoms with Gasteiger partial charge in [0, 0.05) is 9.89 Å². The predicted molar refractivity (Wildman–Crippen MR) is 66.1 cm³/mol. The van der Waals surface area contributed by atoms with E-state index in [-0.39, 0.29) is 12.0 Å². The highest BCUT2D eigenvalue weighted by Gasteiger charge is 2.43. The van der Waals surface area contributed by atoms with E-state index in [1.54, 1.807) is 0 Å². The Balaban J connectivity index is 2.25. The summed E-state index contributed by atoms with van der Waals surface area (Å²) in [4.78, 5) is 0. The number of aliphatic hydroxyl groups excluding tert-OH is 1. The topological polar surface area (TPSA) is 20.2 Å². The Morgan fingerprint density at radius 3 is 2.60 bits per heavy atom. The van der Waals surface area contributed by atoms with Crippen molar-refractivity contribution >= 4 is 15.9 Å². The third kappa shape index (κ3) is 2.11. The van der Waals surface area contributed by atoms with E-state index in [0.717, 1.165) is 19.3 Å². The highest BCUT2D eigenvalue weighted by molar-refractivity contribution is 9.10. The summed E-state index contributed by atoms with van der Waals surface area (Å²) in [5.41, 5.74) is 2.75. The zero-order chi connectivity index (χ0) is 10.9. The molecule has 1 nitrogen and oxygen atoms in total. The van der Waals surface area contributed by atoms with Gasteiger partial charge >= 0.3 is 0 Å². The first kappa shape index (κ1) is 11.2. The highest BCUT2D eigenvalue weighted by Crippen LogP contribution is 2.48. The smallest absolute Gasteiger partial charge is 0.0527 e. The fourth-order valence-corrected chi connectivity index (χ4v) is 2.62. The van der Waals surface area contributed by atoms with Gasteiger partial charge in [0.15, 0.2) is 0 Å². The summed E-state index contributed by atoms with van der Waals surface area (Å²) in [6.07, 6.45) is 4.54. The van der Waals surface area contributed by atoms with Crippen LogP contribution in [0.2, 0.25) is 0 Å². The summed E-state index contributed by atoms with van der Waals surface area (Å²) >= 11 is 3.62. The van der Waals surface area contributed by atoms with Gasteiger partial charge in [-0.2, -0.15) is 0 Å². The number of benzene rings is 1. The van der Waals surface area contributed by atoms with Crippen LogP contribution in [-0.4, -0.2) is 11.7 Å². The Hall–Kier alpha value is -0.340. The molecule has 1 aliphatic carbocycles. The van der Waals surface area contributed by atoms with E-state index in [9.17, 15) is 5.11 Å². The maximum atomic E-state index is 9.36. The largest absolute Gasteiger partial charge is 0.395 e. The predicted octanol–water partition coefficient (Wildman–Crippen LogP) is 3.43. The third-order valence-electron chi connectivity index (χ3n) is 3.34. The summed E-state index contributed by atoms with van der Waals surface area (Å²) < 4.78 is 1.20. The monoisotopic (exact) mass is 268 g/mol. The fraction of sp³-hybridized carbons (Fsp3) is 0.538. The van der Waals surface area contributed by atoms with Crippen LogP contribution in [0.25, 0.3) is 0 Å². The molecule has 82 valence electrons. The van der Waals surface area contributed by atoms with E-state index in [2.05, 4.69) is 41.1 Å². The number of hydrogen-bond acceptors (Lipinski definition) is 1. The molecule has 1 N–H and O–H groups in total. The Kier molecular flexibility index (Phi) is 3.17. The van der Waals surface area contributed by atoms with E-state index < -0.39 is 0 Å². The van der Waals surface area contributed by atoms with Crippen LogP contribution in [0.1, 0.15) is 37.3 Å². The van der Waals surface area contributed by atoms with E-state index >= 15 is 0 Å². The van der Waals surface area contributed by atoms with Gasteiger partial charge in [0.1, 0.15) is 0 Å². The van der Waals surface area contributed by atoms with E-state index in [1.807, 2.05) is 0 Å². The zero-order valence-corrected chi connectivity index (χ0v) is 10.7. The molecule has 0 radical (unpaired) electrons. The molecule has 0 amide bonds. The maximum Gasteiger partial charge on any atom is 0.0527 e. The molecule has 1 fully saturated rings. The molecule has 0 atom stereocenters. The molecule has 2 rings (SSSR count). The Bertz CT molecular complexity index is 356. The first-order valence-corrected chi connectivity index (χ1v) is 6.41. The molecule has 0 aliphatic heterocycles. The van der Waals surface area contributed by atoms with Crippen molar-refractivity contribution in [2.75, 3.05) is 6.61 Å². The van der Waals surface area contributed by atoms with Crippen LogP contribution >= 0.6 is 15.9 Å². The van der Waals surface area contributed by atoms with E-state index in [1.165, 1.54) is 22.0 Å². The van der Waals surface area contributed by atoms with Gasteiger partial charge in [-0.1, -0.05) is 41.4 Å². The first-order valence-electron chi connectivity index (χ1n) is 5.61. The Labute approximate surface area is 99.6 Å². The second-order valence-electron chi connectivity index (χ2n) is 4.49. The number of hydrogen-bond donors (Lipinski definition) is 1. The van der Waals surface area contributed by atoms with Crippen LogP contribution < -0.4 is 0 Å². The molecule has 0 saturated heterocycles. The van der Waals surface area contributed by atoms with Crippen molar-refractivity contribution in [1.29, 1.82) is 0 Å². The summed E-state index contributed by atoms with van der Waals surface area (Å²) in [6.45, 7) is 2.48. The van der Waals surface area contributed by atoms with Crippen molar-refractivity contribution in [3.63, 3.8) is 0 Å². The minimum Gasteiger partial charge on any atom is -0.395 e. The van der Waals surface area contributed by atoms with Gasteiger partial charge in [-0.15, -0.1) is 0 Å². The zero-order valence-electron chi connectivity index (χ0n) is 9.09. The first-order chi connectivity index (χ1) is 7.22. The highest BCUT2D eigenvalue weighted by atomic mass is 79.9. The molecule has 1 aromatic rings. The molecule has 0 bridgehead atoms. The summed E-state index contributed by atoms with van der Waals surface area (Å²) in [6, 6.07) is 6.56. The molecule has 1 saturated carbocycles. The minimum absolute atomic E-state index is 0.0905. The second-order valence-corrected chi connectivity index (χ2v) is 5.35. The average Bonchev–Trinajstić information content (AvgIpc) is 3.02. The Morgan fingerprint density at radius 1 is 1.40 bits per heavy atom. The number of halogens is 1. The fourth-order valence-electron chi connectivity index (χ4n) is 2.04. The molecular formula is C13H17BrO. The van der Waals surface area contributed by atoms with Crippen molar-refractivity contribution in [2.45, 2.75) is 38.0 Å². The lowest BCUT2D eigenvalue weighted by atomic mass is 9.95. The minimum atomic E-state index is 0.0905. The molecule has 15 heavy (non-hydrogen) atoms. The number of aliphatic hydroxyl groups is 1. The molecular weight excluding hydrogens is 252 g/mol. The van der Waals surface area contributed by atoms with Gasteiger partial charge in [0.05, 0.1) is 6.61 Å². The quantitative estimate of drug-likeness (QED) is 0.887. The van der Waals surface area contributed by atoms with Crippen molar-refractivity contribution in [2.24, 2.45) is 0 Å². The van der Waals surface area contributed by atoms with Crippen LogP contribution in [0.15, 0.2) is 22.7 Å². The van der Waals surface area contributed by atoms with E-state index in [0.29, 0.717) is 0 Å².